The number of halogens is 2. The molecule has 70 valence electrons. The van der Waals surface area contributed by atoms with Crippen molar-refractivity contribution in [2.24, 2.45) is 0 Å². The van der Waals surface area contributed by atoms with E-state index >= 15 is 0 Å². The van der Waals surface area contributed by atoms with Crippen LogP contribution < -0.4 is 0 Å². The zero-order valence-electron chi connectivity index (χ0n) is 6.50. The van der Waals surface area contributed by atoms with Crippen LogP contribution in [0.1, 0.15) is 16.1 Å². The van der Waals surface area contributed by atoms with Gasteiger partial charge in [-0.05, 0) is 0 Å². The van der Waals surface area contributed by atoms with Crippen LogP contribution in [0, 0.1) is 0 Å². The highest BCUT2D eigenvalue weighted by molar-refractivity contribution is 5.88. The van der Waals surface area contributed by atoms with Gasteiger partial charge in [0.15, 0.2) is 0 Å². The molecule has 2 heterocycles. The number of rotatable bonds is 1. The molecule has 1 N–H and O–H groups in total. The summed E-state index contributed by atoms with van der Waals surface area (Å²) in [4.78, 5) is 10.5. The van der Waals surface area contributed by atoms with E-state index in [1.165, 1.54) is 0 Å². The van der Waals surface area contributed by atoms with Gasteiger partial charge < -0.3 is 5.11 Å². The summed E-state index contributed by atoms with van der Waals surface area (Å²) in [6.07, 6.45) is 0.571. The Morgan fingerprint density at radius 2 is 2.38 bits per heavy atom. The van der Waals surface area contributed by atoms with Crippen molar-refractivity contribution >= 4 is 5.97 Å². The second-order valence-electron chi connectivity index (χ2n) is 3.00. The first kappa shape index (κ1) is 8.15. The third-order valence-corrected chi connectivity index (χ3v) is 1.99. The van der Waals surface area contributed by atoms with Gasteiger partial charge in [-0.1, -0.05) is 0 Å². The smallest absolute Gasteiger partial charge is 0.339 e. The summed E-state index contributed by atoms with van der Waals surface area (Å²) >= 11 is 0. The van der Waals surface area contributed by atoms with E-state index in [-0.39, 0.29) is 11.3 Å². The maximum atomic E-state index is 12.8. The normalized spacial score (nSPS) is 18.6. The second-order valence-corrected chi connectivity index (χ2v) is 3.00. The van der Waals surface area contributed by atoms with Gasteiger partial charge >= 0.3 is 5.97 Å². The van der Waals surface area contributed by atoms with Gasteiger partial charge in [0, 0.05) is 0 Å². The number of hydrogen-bond donors (Lipinski definition) is 1. The Labute approximate surface area is 71.8 Å². The second kappa shape index (κ2) is 2.27. The van der Waals surface area contributed by atoms with Gasteiger partial charge in [-0.25, -0.2) is 13.6 Å². The minimum Gasteiger partial charge on any atom is -0.478 e. The molecule has 0 radical (unpaired) electrons. The first-order valence-electron chi connectivity index (χ1n) is 3.65. The number of carbonyl (C=O) groups is 1. The summed E-state index contributed by atoms with van der Waals surface area (Å²) in [7, 11) is 0. The predicted octanol–water partition coefficient (Wildman–Crippen LogP) is 0.773. The summed E-state index contributed by atoms with van der Waals surface area (Å²) in [5, 5.41) is 12.2. The summed E-state index contributed by atoms with van der Waals surface area (Å²) in [6.45, 7) is -0.518. The van der Waals surface area contributed by atoms with E-state index in [4.69, 9.17) is 5.11 Å². The van der Waals surface area contributed by atoms with E-state index in [1.54, 1.807) is 0 Å². The van der Waals surface area contributed by atoms with Crippen LogP contribution in [0.3, 0.4) is 0 Å². The molecule has 2 rings (SSSR count). The van der Waals surface area contributed by atoms with E-state index in [0.29, 0.717) is 0 Å². The van der Waals surface area contributed by atoms with Crippen molar-refractivity contribution in [2.45, 2.75) is 18.9 Å². The van der Waals surface area contributed by atoms with Gasteiger partial charge in [0.25, 0.3) is 5.92 Å². The molecule has 0 fully saturated rings. The van der Waals surface area contributed by atoms with Gasteiger partial charge in [0.1, 0.15) is 12.1 Å². The van der Waals surface area contributed by atoms with Crippen LogP contribution in [0.4, 0.5) is 8.78 Å². The lowest BCUT2D eigenvalue weighted by molar-refractivity contribution is 0.000913. The fourth-order valence-electron chi connectivity index (χ4n) is 1.43. The van der Waals surface area contributed by atoms with Crippen LogP contribution in [0.5, 0.6) is 0 Å². The molecule has 6 heteroatoms. The lowest BCUT2D eigenvalue weighted by atomic mass is 10.2. The minimum absolute atomic E-state index is 0.109. The maximum absolute atomic E-state index is 12.8. The molecule has 0 aromatic carbocycles. The Hall–Kier alpha value is -1.46. The molecule has 1 aliphatic heterocycles. The molecule has 1 aromatic heterocycles. The number of nitrogens with zero attached hydrogens (tertiary/aromatic N) is 2. The summed E-state index contributed by atoms with van der Waals surface area (Å²) in [6, 6.07) is 0. The molecule has 4 nitrogen and oxygen atoms in total. The van der Waals surface area contributed by atoms with E-state index < -0.39 is 24.9 Å². The molecule has 1 aromatic rings. The van der Waals surface area contributed by atoms with Gasteiger partial charge in [-0.2, -0.15) is 5.10 Å². The Kier molecular flexibility index (Phi) is 1.43. The van der Waals surface area contributed by atoms with Crippen molar-refractivity contribution in [1.82, 2.24) is 9.78 Å². The molecule has 0 saturated carbocycles. The zero-order chi connectivity index (χ0) is 9.64. The highest BCUT2D eigenvalue weighted by Gasteiger charge is 2.40. The van der Waals surface area contributed by atoms with Crippen LogP contribution >= 0.6 is 0 Å². The largest absolute Gasteiger partial charge is 0.478 e. The first-order valence-corrected chi connectivity index (χ1v) is 3.65. The Balaban J connectivity index is 2.43. The van der Waals surface area contributed by atoms with Crippen LogP contribution in [0.2, 0.25) is 0 Å². The van der Waals surface area contributed by atoms with Gasteiger partial charge in [0.2, 0.25) is 0 Å². The average molecular weight is 188 g/mol. The SMILES string of the molecule is O=C(O)c1cnn2c1CC(F)(F)C2. The summed E-state index contributed by atoms with van der Waals surface area (Å²) in [5.74, 6) is -4.06. The van der Waals surface area contributed by atoms with Crippen molar-refractivity contribution in [3.8, 4) is 0 Å². The van der Waals surface area contributed by atoms with Crippen LogP contribution in [-0.4, -0.2) is 26.8 Å². The fourth-order valence-corrected chi connectivity index (χ4v) is 1.43. The van der Waals surface area contributed by atoms with Crippen LogP contribution in [0.15, 0.2) is 6.20 Å². The van der Waals surface area contributed by atoms with Crippen molar-refractivity contribution in [1.29, 1.82) is 0 Å². The quantitative estimate of drug-likeness (QED) is 0.708. The molecule has 0 spiro atoms. The Bertz CT molecular complexity index is 373. The monoisotopic (exact) mass is 188 g/mol. The average Bonchev–Trinajstić information content (AvgIpc) is 2.41. The van der Waals surface area contributed by atoms with Gasteiger partial charge in [0.05, 0.1) is 18.3 Å². The zero-order valence-corrected chi connectivity index (χ0v) is 6.50. The molecule has 1 aliphatic rings. The number of alkyl halides is 2. The molecule has 0 atom stereocenters. The first-order chi connectivity index (χ1) is 5.99. The minimum atomic E-state index is -2.85. The number of fused-ring (bicyclic) bond motifs is 1. The standard InChI is InChI=1S/C7H6F2N2O2/c8-7(9)1-5-4(6(12)13)2-10-11(5)3-7/h2H,1,3H2,(H,12,13). The number of aromatic carboxylic acids is 1. The summed E-state index contributed by atoms with van der Waals surface area (Å²) in [5.41, 5.74) is -0.0188. The number of carboxylic acid groups (broad SMARTS) is 1. The third kappa shape index (κ3) is 1.18. The lowest BCUT2D eigenvalue weighted by Gasteiger charge is -2.04. The van der Waals surface area contributed by atoms with E-state index in [2.05, 4.69) is 5.10 Å². The topological polar surface area (TPSA) is 55.1 Å². The summed E-state index contributed by atoms with van der Waals surface area (Å²) < 4.78 is 26.6. The number of hydrogen-bond acceptors (Lipinski definition) is 2. The Morgan fingerprint density at radius 3 is 3.00 bits per heavy atom. The fraction of sp³-hybridized carbons (Fsp3) is 0.429. The predicted molar refractivity (Wildman–Crippen MR) is 37.8 cm³/mol. The van der Waals surface area contributed by atoms with E-state index in [0.717, 1.165) is 10.9 Å². The van der Waals surface area contributed by atoms with Crippen molar-refractivity contribution in [3.05, 3.63) is 17.5 Å². The molecule has 13 heavy (non-hydrogen) atoms. The van der Waals surface area contributed by atoms with Crippen molar-refractivity contribution in [3.63, 3.8) is 0 Å². The Morgan fingerprint density at radius 1 is 1.69 bits per heavy atom. The van der Waals surface area contributed by atoms with Gasteiger partial charge in [-0.15, -0.1) is 0 Å². The van der Waals surface area contributed by atoms with E-state index in [9.17, 15) is 13.6 Å². The number of carboxylic acids is 1. The number of aromatic nitrogens is 2. The van der Waals surface area contributed by atoms with Gasteiger partial charge in [-0.3, -0.25) is 4.68 Å². The van der Waals surface area contributed by atoms with Crippen LogP contribution in [0.25, 0.3) is 0 Å². The molecular formula is C7H6F2N2O2. The highest BCUT2D eigenvalue weighted by atomic mass is 19.3. The molecular weight excluding hydrogens is 182 g/mol. The van der Waals surface area contributed by atoms with Crippen molar-refractivity contribution < 1.29 is 18.7 Å². The lowest BCUT2D eigenvalue weighted by Crippen LogP contribution is -2.17. The molecule has 0 saturated heterocycles. The third-order valence-electron chi connectivity index (χ3n) is 1.99. The molecule has 0 unspecified atom stereocenters. The molecule has 0 aliphatic carbocycles. The maximum Gasteiger partial charge on any atom is 0.339 e. The molecule has 0 bridgehead atoms. The highest BCUT2D eigenvalue weighted by Crippen LogP contribution is 2.30. The van der Waals surface area contributed by atoms with Crippen molar-refractivity contribution in [2.75, 3.05) is 0 Å². The van der Waals surface area contributed by atoms with E-state index in [1.807, 2.05) is 0 Å². The van der Waals surface area contributed by atoms with Crippen LogP contribution in [-0.2, 0) is 13.0 Å². The molecule has 0 amide bonds.